The van der Waals surface area contributed by atoms with Crippen LogP contribution in [0.4, 0.5) is 0 Å². The third kappa shape index (κ3) is 5.09. The Bertz CT molecular complexity index is 1540. The van der Waals surface area contributed by atoms with Crippen molar-refractivity contribution >= 4 is 11.6 Å². The van der Waals surface area contributed by atoms with E-state index in [-0.39, 0.29) is 28.8 Å². The summed E-state index contributed by atoms with van der Waals surface area (Å²) in [7, 11) is 0. The molecule has 0 radical (unpaired) electrons. The largest absolute Gasteiger partial charge is 0.507 e. The molecule has 4 bridgehead atoms. The van der Waals surface area contributed by atoms with Crippen molar-refractivity contribution in [2.75, 3.05) is 6.61 Å². The van der Waals surface area contributed by atoms with Crippen molar-refractivity contribution < 1.29 is 28.9 Å². The number of Topliss-reactive ketones (excluding diaryl/α,β-unsaturated/α-hetero) is 2. The molecule has 5 aliphatic rings. The molecule has 44 heavy (non-hydrogen) atoms. The summed E-state index contributed by atoms with van der Waals surface area (Å²) in [6.07, 6.45) is 13.4. The van der Waals surface area contributed by atoms with E-state index in [0.29, 0.717) is 48.5 Å². The summed E-state index contributed by atoms with van der Waals surface area (Å²) in [4.78, 5) is 28.7. The van der Waals surface area contributed by atoms with Gasteiger partial charge in [-0.3, -0.25) is 9.59 Å². The number of aromatic hydroxyl groups is 1. The van der Waals surface area contributed by atoms with Gasteiger partial charge in [0.2, 0.25) is 0 Å². The summed E-state index contributed by atoms with van der Waals surface area (Å²) in [6, 6.07) is 1.54. The van der Waals surface area contributed by atoms with Gasteiger partial charge in [-0.05, 0) is 94.1 Å². The topological polar surface area (TPSA) is 82.1 Å². The van der Waals surface area contributed by atoms with E-state index < -0.39 is 22.7 Å². The molecule has 236 valence electrons. The average Bonchev–Trinajstić information content (AvgIpc) is 3.08. The van der Waals surface area contributed by atoms with Gasteiger partial charge in [0.25, 0.3) is 0 Å². The van der Waals surface area contributed by atoms with E-state index in [4.69, 9.17) is 14.2 Å². The predicted molar refractivity (Wildman–Crippen MR) is 173 cm³/mol. The monoisotopic (exact) mass is 600 g/mol. The lowest BCUT2D eigenvalue weighted by molar-refractivity contribution is -0.171. The van der Waals surface area contributed by atoms with Gasteiger partial charge in [-0.1, -0.05) is 46.6 Å². The molecule has 2 heterocycles. The van der Waals surface area contributed by atoms with Crippen molar-refractivity contribution in [1.82, 2.24) is 0 Å². The fourth-order valence-corrected chi connectivity index (χ4v) is 7.56. The lowest BCUT2D eigenvalue weighted by Gasteiger charge is -2.56. The fraction of sp³-hybridized carbons (Fsp3) is 0.526. The summed E-state index contributed by atoms with van der Waals surface area (Å²) in [5, 5.41) is 11.3. The molecule has 2 fully saturated rings. The van der Waals surface area contributed by atoms with Crippen LogP contribution in [0, 0.1) is 11.8 Å². The highest BCUT2D eigenvalue weighted by molar-refractivity contribution is 6.18. The molecule has 0 aromatic heterocycles. The zero-order chi connectivity index (χ0) is 32.2. The second-order valence-electron chi connectivity index (χ2n) is 14.3. The van der Waals surface area contributed by atoms with E-state index in [1.165, 1.54) is 11.1 Å². The van der Waals surface area contributed by atoms with Gasteiger partial charge < -0.3 is 19.3 Å². The third-order valence-corrected chi connectivity index (χ3v) is 9.69. The Kier molecular flexibility index (Phi) is 8.39. The van der Waals surface area contributed by atoms with E-state index in [9.17, 15) is 14.7 Å². The van der Waals surface area contributed by atoms with Crippen LogP contribution in [0.3, 0.4) is 0 Å². The van der Waals surface area contributed by atoms with E-state index in [0.717, 1.165) is 24.0 Å². The number of phenols is 1. The second kappa shape index (κ2) is 11.5. The lowest BCUT2D eigenvalue weighted by Crippen LogP contribution is -2.72. The number of allylic oxidation sites excluding steroid dienone is 7. The summed E-state index contributed by atoms with van der Waals surface area (Å²) in [5.74, 6) is -0.411. The highest BCUT2D eigenvalue weighted by Crippen LogP contribution is 2.68. The number of hydrogen-bond donors (Lipinski definition) is 1. The van der Waals surface area contributed by atoms with Crippen LogP contribution in [-0.4, -0.2) is 40.1 Å². The number of phenolic OH excluding ortho intramolecular Hbond substituents is 1. The molecule has 3 aliphatic carbocycles. The Morgan fingerprint density at radius 3 is 2.34 bits per heavy atom. The second-order valence-corrected chi connectivity index (χ2v) is 14.3. The number of carbonyl (C=O) groups is 2. The SMILES string of the molecule is CC(C)=CCCC(C)=CCOc1cc(O)c2c(c1CC=C(C)C)O[C@]13C(=C[C@@H]4C[C@H]1C(C)(C)O[C@@]3(CC=C(C)C)C4=O)C2=O. The minimum atomic E-state index is -1.34. The molecule has 1 aromatic rings. The number of rotatable bonds is 10. The molecular weight excluding hydrogens is 552 g/mol. The first-order chi connectivity index (χ1) is 20.6. The number of fused-ring (bicyclic) bond motifs is 1. The number of carbonyl (C=O) groups excluding carboxylic acids is 2. The lowest BCUT2D eigenvalue weighted by atomic mass is 9.51. The van der Waals surface area contributed by atoms with Crippen LogP contribution in [0.1, 0.15) is 104 Å². The molecule has 4 atom stereocenters. The van der Waals surface area contributed by atoms with Gasteiger partial charge >= 0.3 is 0 Å². The Balaban J connectivity index is 1.64. The number of ketones is 2. The van der Waals surface area contributed by atoms with Crippen molar-refractivity contribution in [2.24, 2.45) is 11.8 Å². The molecule has 6 heteroatoms. The Morgan fingerprint density at radius 1 is 1.00 bits per heavy atom. The fourth-order valence-electron chi connectivity index (χ4n) is 7.56. The van der Waals surface area contributed by atoms with Crippen LogP contribution in [-0.2, 0) is 16.0 Å². The van der Waals surface area contributed by atoms with E-state index in [1.54, 1.807) is 12.1 Å². The van der Waals surface area contributed by atoms with Gasteiger partial charge in [0, 0.05) is 35.5 Å². The van der Waals surface area contributed by atoms with Crippen LogP contribution in [0.2, 0.25) is 0 Å². The minimum Gasteiger partial charge on any atom is -0.507 e. The molecular formula is C38H48O6. The van der Waals surface area contributed by atoms with E-state index >= 15 is 0 Å². The molecule has 6 nitrogen and oxygen atoms in total. The molecule has 0 amide bonds. The zero-order valence-electron chi connectivity index (χ0n) is 27.8. The van der Waals surface area contributed by atoms with Crippen molar-refractivity contribution in [3.8, 4) is 17.2 Å². The van der Waals surface area contributed by atoms with Crippen LogP contribution in [0.25, 0.3) is 0 Å². The summed E-state index contributed by atoms with van der Waals surface area (Å²) in [6.45, 7) is 18.6. The molecule has 6 rings (SSSR count). The van der Waals surface area contributed by atoms with Crippen molar-refractivity contribution in [3.05, 3.63) is 75.4 Å². The van der Waals surface area contributed by atoms with Gasteiger partial charge in [0.15, 0.2) is 22.8 Å². The van der Waals surface area contributed by atoms with Gasteiger partial charge in [-0.15, -0.1) is 0 Å². The molecule has 0 unspecified atom stereocenters. The van der Waals surface area contributed by atoms with Crippen molar-refractivity contribution in [1.29, 1.82) is 0 Å². The Hall–Kier alpha value is -3.38. The number of ether oxygens (including phenoxy) is 3. The molecule has 1 saturated carbocycles. The number of hydrogen-bond acceptors (Lipinski definition) is 6. The molecule has 1 spiro atoms. The standard InChI is InChI=1S/C38H48O6/c1-22(2)11-10-12-25(7)16-18-42-30-21-29(39)32-33(40)28-19-26-20-31-36(8,9)44-37(35(26)41,17-15-24(5)6)38(28,31)43-34(32)27(30)14-13-23(3)4/h11,13,15-16,19,21,26,31,39H,10,12,14,17-18,20H2,1-9H3/t26-,31+,37+,38-/m1/s1. The van der Waals surface area contributed by atoms with E-state index in [1.807, 2.05) is 47.6 Å². The first-order valence-electron chi connectivity index (χ1n) is 15.9. The first kappa shape index (κ1) is 32.0. The summed E-state index contributed by atoms with van der Waals surface area (Å²) in [5.41, 5.74) is 2.58. The minimum absolute atomic E-state index is 0.0342. The third-order valence-electron chi connectivity index (χ3n) is 9.69. The van der Waals surface area contributed by atoms with Crippen molar-refractivity contribution in [3.63, 3.8) is 0 Å². The van der Waals surface area contributed by atoms with Crippen LogP contribution in [0.15, 0.2) is 64.3 Å². The van der Waals surface area contributed by atoms with Crippen LogP contribution >= 0.6 is 0 Å². The average molecular weight is 601 g/mol. The first-order valence-corrected chi connectivity index (χ1v) is 15.9. The predicted octanol–water partition coefficient (Wildman–Crippen LogP) is 8.34. The highest BCUT2D eigenvalue weighted by Gasteiger charge is 2.81. The van der Waals surface area contributed by atoms with Crippen molar-refractivity contribution in [2.45, 2.75) is 111 Å². The Morgan fingerprint density at radius 2 is 1.68 bits per heavy atom. The molecule has 2 aliphatic heterocycles. The molecule has 1 aromatic carbocycles. The smallest absolute Gasteiger partial charge is 0.200 e. The normalized spacial score (nSPS) is 27.6. The van der Waals surface area contributed by atoms with Gasteiger partial charge in [0.1, 0.15) is 29.4 Å². The molecule has 1 N–H and O–H groups in total. The quantitative estimate of drug-likeness (QED) is 0.272. The number of benzene rings is 1. The Labute approximate surface area is 262 Å². The van der Waals surface area contributed by atoms with Gasteiger partial charge in [-0.2, -0.15) is 0 Å². The van der Waals surface area contributed by atoms with Crippen LogP contribution < -0.4 is 9.47 Å². The van der Waals surface area contributed by atoms with E-state index in [2.05, 4.69) is 39.0 Å². The highest BCUT2D eigenvalue weighted by atomic mass is 16.6. The maximum atomic E-state index is 14.5. The van der Waals surface area contributed by atoms with Gasteiger partial charge in [0.05, 0.1) is 5.60 Å². The van der Waals surface area contributed by atoms with Crippen LogP contribution in [0.5, 0.6) is 17.2 Å². The maximum absolute atomic E-state index is 14.5. The van der Waals surface area contributed by atoms with Gasteiger partial charge in [-0.25, -0.2) is 0 Å². The zero-order valence-corrected chi connectivity index (χ0v) is 27.8. The maximum Gasteiger partial charge on any atom is 0.200 e. The molecule has 1 saturated heterocycles. The summed E-state index contributed by atoms with van der Waals surface area (Å²) < 4.78 is 20.2. The summed E-state index contributed by atoms with van der Waals surface area (Å²) >= 11 is 0.